The van der Waals surface area contributed by atoms with Crippen LogP contribution in [0.25, 0.3) is 11.2 Å². The fraction of sp³-hybridized carbons (Fsp3) is 0.643. The van der Waals surface area contributed by atoms with E-state index in [0.29, 0.717) is 11.2 Å². The largest absolute Gasteiger partial charge is 0.332 e. The fourth-order valence-corrected chi connectivity index (χ4v) is 2.98. The molecule has 8 heteroatoms. The molecule has 0 spiro atoms. The van der Waals surface area contributed by atoms with Crippen LogP contribution in [0.1, 0.15) is 5.82 Å². The molecule has 3 heterocycles. The van der Waals surface area contributed by atoms with Gasteiger partial charge in [-0.15, -0.1) is 0 Å². The minimum atomic E-state index is -0.343. The van der Waals surface area contributed by atoms with Gasteiger partial charge in [-0.1, -0.05) is 0 Å². The molecule has 2 aromatic rings. The van der Waals surface area contributed by atoms with Crippen LogP contribution in [0.3, 0.4) is 0 Å². The summed E-state index contributed by atoms with van der Waals surface area (Å²) in [5.41, 5.74) is 0.316. The van der Waals surface area contributed by atoms with Crippen molar-refractivity contribution in [2.45, 2.75) is 6.42 Å². The molecule has 0 radical (unpaired) electrons. The van der Waals surface area contributed by atoms with Crippen molar-refractivity contribution in [1.29, 1.82) is 0 Å². The fourth-order valence-electron chi connectivity index (χ4n) is 2.98. The lowest BCUT2D eigenvalue weighted by molar-refractivity contribution is 0.242. The van der Waals surface area contributed by atoms with Crippen LogP contribution in [0.5, 0.6) is 0 Å². The van der Waals surface area contributed by atoms with Crippen LogP contribution >= 0.6 is 0 Å². The molecule has 1 aliphatic rings. The molecule has 0 saturated carbocycles. The highest BCUT2D eigenvalue weighted by Crippen LogP contribution is 2.10. The van der Waals surface area contributed by atoms with Crippen molar-refractivity contribution in [2.24, 2.45) is 21.1 Å². The van der Waals surface area contributed by atoms with E-state index >= 15 is 0 Å². The number of nitrogens with one attached hydrogen (secondary N) is 1. The third-order valence-corrected chi connectivity index (χ3v) is 4.43. The summed E-state index contributed by atoms with van der Waals surface area (Å²) in [6.45, 7) is 5.00. The zero-order chi connectivity index (χ0) is 15.9. The van der Waals surface area contributed by atoms with Gasteiger partial charge in [0.25, 0.3) is 5.56 Å². The number of rotatable bonds is 3. The van der Waals surface area contributed by atoms with E-state index in [2.05, 4.69) is 15.2 Å². The minimum Gasteiger partial charge on any atom is -0.325 e. The molecular formula is C14H22N6O2. The maximum Gasteiger partial charge on any atom is 0.332 e. The Bertz CT molecular complexity index is 809. The Kier molecular flexibility index (Phi) is 3.88. The van der Waals surface area contributed by atoms with Gasteiger partial charge in [0.2, 0.25) is 0 Å². The number of aromatic nitrogens is 4. The summed E-state index contributed by atoms with van der Waals surface area (Å²) in [6, 6.07) is 0. The molecule has 1 fully saturated rings. The Morgan fingerprint density at radius 3 is 2.41 bits per heavy atom. The molecule has 1 aliphatic heterocycles. The molecular weight excluding hydrogens is 284 g/mol. The van der Waals surface area contributed by atoms with Crippen LogP contribution in [0.15, 0.2) is 9.59 Å². The van der Waals surface area contributed by atoms with E-state index in [0.717, 1.165) is 49.5 Å². The van der Waals surface area contributed by atoms with Gasteiger partial charge in [-0.2, -0.15) is 0 Å². The first-order valence-electron chi connectivity index (χ1n) is 7.55. The minimum absolute atomic E-state index is 0.290. The van der Waals surface area contributed by atoms with E-state index in [-0.39, 0.29) is 11.2 Å². The first kappa shape index (κ1) is 15.0. The van der Waals surface area contributed by atoms with Gasteiger partial charge in [0.05, 0.1) is 0 Å². The standard InChI is InChI=1S/C14H22N6O2/c1-17-10(4-7-20-8-5-15-6-9-20)16-12-11(17)13(21)19(3)14(22)18(12)2/h15H,4-9H2,1-3H3. The Hall–Kier alpha value is -1.93. The molecule has 1 saturated heterocycles. The van der Waals surface area contributed by atoms with Crippen molar-refractivity contribution < 1.29 is 0 Å². The lowest BCUT2D eigenvalue weighted by atomic mass is 10.3. The van der Waals surface area contributed by atoms with Gasteiger partial charge in [0, 0.05) is 60.3 Å². The normalized spacial score (nSPS) is 16.5. The molecule has 0 aromatic carbocycles. The van der Waals surface area contributed by atoms with Gasteiger partial charge >= 0.3 is 5.69 Å². The van der Waals surface area contributed by atoms with E-state index in [1.165, 1.54) is 11.6 Å². The third-order valence-electron chi connectivity index (χ3n) is 4.43. The number of hydrogen-bond donors (Lipinski definition) is 1. The Balaban J connectivity index is 1.96. The number of imidazole rings is 1. The summed E-state index contributed by atoms with van der Waals surface area (Å²) in [5.74, 6) is 0.840. The second-order valence-corrected chi connectivity index (χ2v) is 5.81. The van der Waals surface area contributed by atoms with E-state index in [9.17, 15) is 9.59 Å². The van der Waals surface area contributed by atoms with E-state index in [1.54, 1.807) is 7.05 Å². The van der Waals surface area contributed by atoms with Crippen LogP contribution in [-0.2, 0) is 27.6 Å². The van der Waals surface area contributed by atoms with Gasteiger partial charge in [0.15, 0.2) is 11.2 Å². The number of aryl methyl sites for hydroxylation is 2. The summed E-state index contributed by atoms with van der Waals surface area (Å²) < 4.78 is 4.38. The Labute approximate surface area is 128 Å². The maximum absolute atomic E-state index is 12.3. The summed E-state index contributed by atoms with van der Waals surface area (Å²) in [6.07, 6.45) is 0.766. The average Bonchev–Trinajstić information content (AvgIpc) is 2.87. The zero-order valence-corrected chi connectivity index (χ0v) is 13.3. The lowest BCUT2D eigenvalue weighted by Gasteiger charge is -2.26. The van der Waals surface area contributed by atoms with Crippen molar-refractivity contribution in [3.05, 3.63) is 26.7 Å². The monoisotopic (exact) mass is 306 g/mol. The highest BCUT2D eigenvalue weighted by Gasteiger charge is 2.17. The second-order valence-electron chi connectivity index (χ2n) is 5.81. The Morgan fingerprint density at radius 1 is 1.05 bits per heavy atom. The van der Waals surface area contributed by atoms with E-state index in [4.69, 9.17) is 0 Å². The molecule has 3 rings (SSSR count). The van der Waals surface area contributed by atoms with Crippen LogP contribution in [0.2, 0.25) is 0 Å². The number of piperazine rings is 1. The molecule has 0 aliphatic carbocycles. The topological polar surface area (TPSA) is 77.1 Å². The van der Waals surface area contributed by atoms with Gasteiger partial charge in [-0.05, 0) is 0 Å². The molecule has 0 bridgehead atoms. The number of hydrogen-bond acceptors (Lipinski definition) is 5. The first-order valence-corrected chi connectivity index (χ1v) is 7.55. The number of fused-ring (bicyclic) bond motifs is 1. The zero-order valence-electron chi connectivity index (χ0n) is 13.3. The van der Waals surface area contributed by atoms with Crippen molar-refractivity contribution in [1.82, 2.24) is 28.9 Å². The van der Waals surface area contributed by atoms with Gasteiger partial charge in [0.1, 0.15) is 5.82 Å². The number of nitrogens with zero attached hydrogens (tertiary/aromatic N) is 5. The van der Waals surface area contributed by atoms with Crippen molar-refractivity contribution in [3.8, 4) is 0 Å². The highest BCUT2D eigenvalue weighted by atomic mass is 16.2. The molecule has 8 nitrogen and oxygen atoms in total. The molecule has 0 unspecified atom stereocenters. The average molecular weight is 306 g/mol. The van der Waals surface area contributed by atoms with Gasteiger partial charge in [-0.25, -0.2) is 9.78 Å². The third kappa shape index (κ3) is 2.38. The first-order chi connectivity index (χ1) is 10.5. The maximum atomic E-state index is 12.3. The lowest BCUT2D eigenvalue weighted by Crippen LogP contribution is -2.44. The second kappa shape index (κ2) is 5.69. The van der Waals surface area contributed by atoms with Crippen molar-refractivity contribution in [3.63, 3.8) is 0 Å². The van der Waals surface area contributed by atoms with E-state index in [1.807, 2.05) is 11.6 Å². The van der Waals surface area contributed by atoms with Crippen LogP contribution in [0, 0.1) is 0 Å². The van der Waals surface area contributed by atoms with Crippen LogP contribution < -0.4 is 16.6 Å². The molecule has 120 valence electrons. The predicted octanol–water partition coefficient (Wildman–Crippen LogP) is -1.58. The molecule has 0 amide bonds. The highest BCUT2D eigenvalue weighted by molar-refractivity contribution is 5.70. The van der Waals surface area contributed by atoms with Gasteiger partial charge < -0.3 is 14.8 Å². The SMILES string of the molecule is Cn1c(=O)c2c(nc(CCN3CCNCC3)n2C)n(C)c1=O. The molecule has 0 atom stereocenters. The smallest absolute Gasteiger partial charge is 0.325 e. The predicted molar refractivity (Wildman–Crippen MR) is 84.2 cm³/mol. The van der Waals surface area contributed by atoms with Crippen molar-refractivity contribution in [2.75, 3.05) is 32.7 Å². The van der Waals surface area contributed by atoms with Gasteiger partial charge in [-0.3, -0.25) is 13.9 Å². The molecule has 2 aromatic heterocycles. The van der Waals surface area contributed by atoms with Crippen molar-refractivity contribution >= 4 is 11.2 Å². The molecule has 1 N–H and O–H groups in total. The van der Waals surface area contributed by atoms with Crippen LogP contribution in [-0.4, -0.2) is 56.3 Å². The summed E-state index contributed by atoms with van der Waals surface area (Å²) >= 11 is 0. The molecule has 22 heavy (non-hydrogen) atoms. The Morgan fingerprint density at radius 2 is 1.73 bits per heavy atom. The summed E-state index contributed by atoms with van der Waals surface area (Å²) in [4.78, 5) is 31.2. The van der Waals surface area contributed by atoms with E-state index < -0.39 is 0 Å². The quantitative estimate of drug-likeness (QED) is 0.740. The summed E-state index contributed by atoms with van der Waals surface area (Å²) in [5, 5.41) is 3.33. The van der Waals surface area contributed by atoms with Crippen LogP contribution in [0.4, 0.5) is 0 Å². The summed E-state index contributed by atoms with van der Waals surface area (Å²) in [7, 11) is 4.99.